The molecule has 0 radical (unpaired) electrons. The minimum atomic E-state index is 0.0229. The summed E-state index contributed by atoms with van der Waals surface area (Å²) in [5.41, 5.74) is 2.14. The third-order valence-electron chi connectivity index (χ3n) is 1.91. The highest BCUT2D eigenvalue weighted by atomic mass is 16.3. The van der Waals surface area contributed by atoms with Gasteiger partial charge in [0.05, 0.1) is 11.6 Å². The van der Waals surface area contributed by atoms with E-state index in [4.69, 9.17) is 15.8 Å². The number of nitriles is 1. The lowest BCUT2D eigenvalue weighted by Crippen LogP contribution is -2.03. The quantitative estimate of drug-likeness (QED) is 0.703. The van der Waals surface area contributed by atoms with Crippen molar-refractivity contribution >= 4 is 5.71 Å². The number of benzene rings is 1. The summed E-state index contributed by atoms with van der Waals surface area (Å²) >= 11 is 0. The highest BCUT2D eigenvalue weighted by Gasteiger charge is 1.99. The average Bonchev–Trinajstić information content (AvgIpc) is 2.19. The molecule has 0 fully saturated rings. The van der Waals surface area contributed by atoms with E-state index in [1.807, 2.05) is 18.2 Å². The number of hydrogen-bond acceptors (Lipinski definition) is 3. The van der Waals surface area contributed by atoms with Crippen molar-refractivity contribution in [1.29, 1.82) is 10.7 Å². The second kappa shape index (κ2) is 5.15. The maximum absolute atomic E-state index is 8.61. The van der Waals surface area contributed by atoms with Gasteiger partial charge in [0, 0.05) is 25.2 Å². The second-order valence-electron chi connectivity index (χ2n) is 3.06. The summed E-state index contributed by atoms with van der Waals surface area (Å²) < 4.78 is 0. The van der Waals surface area contributed by atoms with Crippen LogP contribution in [0.15, 0.2) is 24.3 Å². The summed E-state index contributed by atoms with van der Waals surface area (Å²) in [6.45, 7) is 0.0229. The Morgan fingerprint density at radius 2 is 2.00 bits per heavy atom. The summed E-state index contributed by atoms with van der Waals surface area (Å²) in [6, 6.07) is 9.19. The van der Waals surface area contributed by atoms with E-state index in [0.29, 0.717) is 24.1 Å². The number of aliphatic hydroxyl groups is 1. The third kappa shape index (κ3) is 3.00. The molecule has 1 aromatic carbocycles. The molecule has 0 aromatic heterocycles. The highest BCUT2D eigenvalue weighted by Crippen LogP contribution is 2.05. The molecule has 0 spiro atoms. The van der Waals surface area contributed by atoms with Gasteiger partial charge in [-0.2, -0.15) is 5.26 Å². The van der Waals surface area contributed by atoms with Gasteiger partial charge in [0.1, 0.15) is 0 Å². The first kappa shape index (κ1) is 10.4. The lowest BCUT2D eigenvalue weighted by atomic mass is 10.1. The van der Waals surface area contributed by atoms with Crippen LogP contribution in [0.5, 0.6) is 0 Å². The lowest BCUT2D eigenvalue weighted by molar-refractivity contribution is 0.306. The van der Waals surface area contributed by atoms with E-state index >= 15 is 0 Å². The highest BCUT2D eigenvalue weighted by molar-refractivity contribution is 5.83. The molecule has 0 atom stereocenters. The minimum absolute atomic E-state index is 0.0229. The SMILES string of the molecule is N#Cc1ccc(CC(=N)CCO)cc1. The fourth-order valence-corrected chi connectivity index (χ4v) is 1.17. The number of rotatable bonds is 4. The monoisotopic (exact) mass is 188 g/mol. The van der Waals surface area contributed by atoms with Crippen LogP contribution in [0.1, 0.15) is 17.5 Å². The van der Waals surface area contributed by atoms with Gasteiger partial charge in [-0.1, -0.05) is 12.1 Å². The predicted molar refractivity (Wildman–Crippen MR) is 54.3 cm³/mol. The molecule has 2 N–H and O–H groups in total. The number of hydrogen-bond donors (Lipinski definition) is 2. The number of aliphatic hydroxyl groups excluding tert-OH is 1. The van der Waals surface area contributed by atoms with Crippen molar-refractivity contribution in [2.75, 3.05) is 6.61 Å². The third-order valence-corrected chi connectivity index (χ3v) is 1.91. The Labute approximate surface area is 83.1 Å². The molecular weight excluding hydrogens is 176 g/mol. The fraction of sp³-hybridized carbons (Fsp3) is 0.273. The van der Waals surface area contributed by atoms with Gasteiger partial charge in [0.15, 0.2) is 0 Å². The van der Waals surface area contributed by atoms with Crippen molar-refractivity contribution in [1.82, 2.24) is 0 Å². The van der Waals surface area contributed by atoms with E-state index in [9.17, 15) is 0 Å². The maximum Gasteiger partial charge on any atom is 0.0991 e. The van der Waals surface area contributed by atoms with Gasteiger partial charge in [-0.05, 0) is 17.7 Å². The molecular formula is C11H12N2O. The van der Waals surface area contributed by atoms with Crippen molar-refractivity contribution in [3.63, 3.8) is 0 Å². The Morgan fingerprint density at radius 1 is 1.36 bits per heavy atom. The Bertz CT molecular complexity index is 349. The van der Waals surface area contributed by atoms with Crippen LogP contribution in [-0.2, 0) is 6.42 Å². The van der Waals surface area contributed by atoms with Crippen LogP contribution in [0, 0.1) is 16.7 Å². The van der Waals surface area contributed by atoms with Crippen molar-refractivity contribution in [2.24, 2.45) is 0 Å². The van der Waals surface area contributed by atoms with Gasteiger partial charge >= 0.3 is 0 Å². The first-order valence-corrected chi connectivity index (χ1v) is 4.42. The smallest absolute Gasteiger partial charge is 0.0991 e. The fourth-order valence-electron chi connectivity index (χ4n) is 1.17. The molecule has 14 heavy (non-hydrogen) atoms. The predicted octanol–water partition coefficient (Wildman–Crippen LogP) is 1.50. The van der Waals surface area contributed by atoms with Crippen LogP contribution in [0.25, 0.3) is 0 Å². The van der Waals surface area contributed by atoms with Gasteiger partial charge in [-0.15, -0.1) is 0 Å². The molecule has 0 amide bonds. The molecule has 1 aromatic rings. The minimum Gasteiger partial charge on any atom is -0.396 e. The van der Waals surface area contributed by atoms with Crippen LogP contribution in [0.3, 0.4) is 0 Å². The van der Waals surface area contributed by atoms with Crippen LogP contribution in [0.2, 0.25) is 0 Å². The number of nitrogens with one attached hydrogen (secondary N) is 1. The van der Waals surface area contributed by atoms with Crippen molar-refractivity contribution in [3.05, 3.63) is 35.4 Å². The topological polar surface area (TPSA) is 67.9 Å². The van der Waals surface area contributed by atoms with Crippen LogP contribution >= 0.6 is 0 Å². The van der Waals surface area contributed by atoms with Crippen LogP contribution in [0.4, 0.5) is 0 Å². The largest absolute Gasteiger partial charge is 0.396 e. The summed E-state index contributed by atoms with van der Waals surface area (Å²) in [5.74, 6) is 0. The summed E-state index contributed by atoms with van der Waals surface area (Å²) in [5, 5.41) is 24.7. The Kier molecular flexibility index (Phi) is 3.84. The second-order valence-corrected chi connectivity index (χ2v) is 3.06. The molecule has 0 aliphatic heterocycles. The van der Waals surface area contributed by atoms with Crippen molar-refractivity contribution in [2.45, 2.75) is 12.8 Å². The average molecular weight is 188 g/mol. The van der Waals surface area contributed by atoms with Crippen molar-refractivity contribution < 1.29 is 5.11 Å². The Morgan fingerprint density at radius 3 is 2.50 bits per heavy atom. The van der Waals surface area contributed by atoms with E-state index in [-0.39, 0.29) is 6.61 Å². The first-order chi connectivity index (χ1) is 6.76. The van der Waals surface area contributed by atoms with E-state index in [1.165, 1.54) is 0 Å². The van der Waals surface area contributed by atoms with Crippen LogP contribution in [-0.4, -0.2) is 17.4 Å². The van der Waals surface area contributed by atoms with E-state index in [0.717, 1.165) is 5.56 Å². The zero-order valence-electron chi connectivity index (χ0n) is 7.83. The Hall–Kier alpha value is -1.66. The lowest BCUT2D eigenvalue weighted by Gasteiger charge is -2.01. The molecule has 3 nitrogen and oxygen atoms in total. The molecule has 0 saturated heterocycles. The van der Waals surface area contributed by atoms with Crippen LogP contribution < -0.4 is 0 Å². The first-order valence-electron chi connectivity index (χ1n) is 4.42. The summed E-state index contributed by atoms with van der Waals surface area (Å²) in [7, 11) is 0. The maximum atomic E-state index is 8.61. The van der Waals surface area contributed by atoms with E-state index < -0.39 is 0 Å². The standard InChI is InChI=1S/C11H12N2O/c12-8-10-3-1-9(2-4-10)7-11(13)5-6-14/h1-4,13-14H,5-7H2. The summed E-state index contributed by atoms with van der Waals surface area (Å²) in [4.78, 5) is 0. The number of nitrogens with zero attached hydrogens (tertiary/aromatic N) is 1. The molecule has 3 heteroatoms. The molecule has 0 aliphatic carbocycles. The van der Waals surface area contributed by atoms with Gasteiger partial charge in [0.25, 0.3) is 0 Å². The molecule has 0 bridgehead atoms. The molecule has 0 saturated carbocycles. The van der Waals surface area contributed by atoms with Gasteiger partial charge < -0.3 is 10.5 Å². The van der Waals surface area contributed by atoms with Gasteiger partial charge in [-0.3, -0.25) is 0 Å². The van der Waals surface area contributed by atoms with E-state index in [1.54, 1.807) is 12.1 Å². The molecule has 0 unspecified atom stereocenters. The molecule has 0 aliphatic rings. The Balaban J connectivity index is 2.61. The zero-order chi connectivity index (χ0) is 10.4. The summed E-state index contributed by atoms with van der Waals surface area (Å²) in [6.07, 6.45) is 0.965. The van der Waals surface area contributed by atoms with E-state index in [2.05, 4.69) is 0 Å². The van der Waals surface area contributed by atoms with Crippen molar-refractivity contribution in [3.8, 4) is 6.07 Å². The van der Waals surface area contributed by atoms with Gasteiger partial charge in [0.2, 0.25) is 0 Å². The van der Waals surface area contributed by atoms with Gasteiger partial charge in [-0.25, -0.2) is 0 Å². The molecule has 0 heterocycles. The molecule has 1 rings (SSSR count). The zero-order valence-corrected chi connectivity index (χ0v) is 7.83. The molecule has 72 valence electrons. The normalized spacial score (nSPS) is 9.43.